The maximum Gasteiger partial charge on any atom is 0.326 e. The van der Waals surface area contributed by atoms with E-state index in [0.717, 1.165) is 17.2 Å². The SMILES string of the molecule is O=C(O)[C@H]1CCCN1C(=O)c1ccc2ccncc2c1. The molecule has 0 aliphatic carbocycles. The summed E-state index contributed by atoms with van der Waals surface area (Å²) in [6.07, 6.45) is 4.66. The lowest BCUT2D eigenvalue weighted by molar-refractivity contribution is -0.141. The van der Waals surface area contributed by atoms with Gasteiger partial charge in [-0.3, -0.25) is 9.78 Å². The molecular weight excluding hydrogens is 256 g/mol. The van der Waals surface area contributed by atoms with Crippen molar-refractivity contribution in [2.24, 2.45) is 0 Å². The lowest BCUT2D eigenvalue weighted by Gasteiger charge is -2.21. The van der Waals surface area contributed by atoms with Gasteiger partial charge in [-0.15, -0.1) is 0 Å². The number of rotatable bonds is 2. The summed E-state index contributed by atoms with van der Waals surface area (Å²) in [4.78, 5) is 29.1. The Balaban J connectivity index is 1.94. The van der Waals surface area contributed by atoms with Crippen molar-refractivity contribution < 1.29 is 14.7 Å². The number of pyridine rings is 1. The topological polar surface area (TPSA) is 70.5 Å². The fraction of sp³-hybridized carbons (Fsp3) is 0.267. The van der Waals surface area contributed by atoms with Crippen LogP contribution in [0.15, 0.2) is 36.7 Å². The molecule has 1 aromatic carbocycles. The highest BCUT2D eigenvalue weighted by atomic mass is 16.4. The van der Waals surface area contributed by atoms with E-state index in [1.807, 2.05) is 12.1 Å². The molecule has 1 fully saturated rings. The first-order valence-electron chi connectivity index (χ1n) is 6.54. The summed E-state index contributed by atoms with van der Waals surface area (Å²) in [6.45, 7) is 0.501. The van der Waals surface area contributed by atoms with Crippen molar-refractivity contribution in [2.75, 3.05) is 6.54 Å². The molecule has 1 aliphatic heterocycles. The Labute approximate surface area is 115 Å². The van der Waals surface area contributed by atoms with E-state index in [4.69, 9.17) is 5.11 Å². The molecule has 2 heterocycles. The average molecular weight is 270 g/mol. The number of carbonyl (C=O) groups is 2. The molecule has 0 unspecified atom stereocenters. The normalized spacial score (nSPS) is 18.4. The van der Waals surface area contributed by atoms with Gasteiger partial charge in [-0.25, -0.2) is 4.79 Å². The number of aromatic nitrogens is 1. The zero-order valence-electron chi connectivity index (χ0n) is 10.8. The van der Waals surface area contributed by atoms with Crippen LogP contribution in [0.3, 0.4) is 0 Å². The summed E-state index contributed by atoms with van der Waals surface area (Å²) in [7, 11) is 0. The molecule has 20 heavy (non-hydrogen) atoms. The second-order valence-electron chi connectivity index (χ2n) is 4.93. The van der Waals surface area contributed by atoms with E-state index >= 15 is 0 Å². The van der Waals surface area contributed by atoms with E-state index in [1.54, 1.807) is 24.5 Å². The first-order valence-corrected chi connectivity index (χ1v) is 6.54. The molecule has 0 saturated carbocycles. The first-order chi connectivity index (χ1) is 9.66. The number of benzene rings is 1. The van der Waals surface area contributed by atoms with Crippen LogP contribution in [-0.2, 0) is 4.79 Å². The quantitative estimate of drug-likeness (QED) is 0.905. The van der Waals surface area contributed by atoms with Crippen molar-refractivity contribution in [3.05, 3.63) is 42.2 Å². The molecule has 1 aromatic heterocycles. The van der Waals surface area contributed by atoms with E-state index < -0.39 is 12.0 Å². The van der Waals surface area contributed by atoms with E-state index in [9.17, 15) is 9.59 Å². The molecule has 1 saturated heterocycles. The third-order valence-electron chi connectivity index (χ3n) is 3.69. The van der Waals surface area contributed by atoms with Gasteiger partial charge in [-0.2, -0.15) is 0 Å². The third kappa shape index (κ3) is 2.11. The highest BCUT2D eigenvalue weighted by molar-refractivity contribution is 6.00. The monoisotopic (exact) mass is 270 g/mol. The lowest BCUT2D eigenvalue weighted by Crippen LogP contribution is -2.40. The van der Waals surface area contributed by atoms with Crippen molar-refractivity contribution in [3.8, 4) is 0 Å². The number of fused-ring (bicyclic) bond motifs is 1. The van der Waals surface area contributed by atoms with Gasteiger partial charge in [-0.05, 0) is 36.4 Å². The highest BCUT2D eigenvalue weighted by Crippen LogP contribution is 2.22. The van der Waals surface area contributed by atoms with Crippen molar-refractivity contribution >= 4 is 22.6 Å². The van der Waals surface area contributed by atoms with E-state index in [1.165, 1.54) is 4.90 Å². The van der Waals surface area contributed by atoms with Gasteiger partial charge in [0.2, 0.25) is 0 Å². The van der Waals surface area contributed by atoms with Crippen LogP contribution in [-0.4, -0.2) is 39.5 Å². The highest BCUT2D eigenvalue weighted by Gasteiger charge is 2.34. The number of carboxylic acids is 1. The van der Waals surface area contributed by atoms with Gasteiger partial charge in [0, 0.05) is 29.9 Å². The molecule has 5 nitrogen and oxygen atoms in total. The van der Waals surface area contributed by atoms with Gasteiger partial charge in [-0.1, -0.05) is 6.07 Å². The minimum Gasteiger partial charge on any atom is -0.480 e. The summed E-state index contributed by atoms with van der Waals surface area (Å²) in [5.74, 6) is -1.15. The molecular formula is C15H14N2O3. The standard InChI is InChI=1S/C15H14N2O3/c18-14(17-7-1-2-13(17)15(19)20)11-4-3-10-5-6-16-9-12(10)8-11/h3-6,8-9,13H,1-2,7H2,(H,19,20)/t13-/m1/s1. The Hall–Kier alpha value is -2.43. The van der Waals surface area contributed by atoms with Crippen LogP contribution < -0.4 is 0 Å². The molecule has 0 radical (unpaired) electrons. The zero-order chi connectivity index (χ0) is 14.1. The molecule has 0 spiro atoms. The number of carbonyl (C=O) groups excluding carboxylic acids is 1. The molecule has 5 heteroatoms. The predicted molar refractivity (Wildman–Crippen MR) is 73.4 cm³/mol. The molecule has 2 aromatic rings. The predicted octanol–water partition coefficient (Wildman–Crippen LogP) is 1.92. The smallest absolute Gasteiger partial charge is 0.326 e. The summed E-state index contributed by atoms with van der Waals surface area (Å²) >= 11 is 0. The molecule has 1 aliphatic rings. The average Bonchev–Trinajstić information content (AvgIpc) is 2.95. The second kappa shape index (κ2) is 4.92. The Bertz CT molecular complexity index is 684. The number of aliphatic carboxylic acids is 1. The number of likely N-dealkylation sites (tertiary alicyclic amines) is 1. The molecule has 1 amide bonds. The van der Waals surface area contributed by atoms with Crippen LogP contribution in [0.25, 0.3) is 10.8 Å². The maximum absolute atomic E-state index is 12.4. The Morgan fingerprint density at radius 1 is 1.25 bits per heavy atom. The van der Waals surface area contributed by atoms with E-state index in [0.29, 0.717) is 18.5 Å². The number of nitrogens with zero attached hydrogens (tertiary/aromatic N) is 2. The maximum atomic E-state index is 12.4. The van der Waals surface area contributed by atoms with Gasteiger partial charge in [0.25, 0.3) is 5.91 Å². The lowest BCUT2D eigenvalue weighted by atomic mass is 10.1. The fourth-order valence-electron chi connectivity index (χ4n) is 2.65. The van der Waals surface area contributed by atoms with Crippen LogP contribution in [0.5, 0.6) is 0 Å². The van der Waals surface area contributed by atoms with Crippen LogP contribution in [0, 0.1) is 0 Å². The van der Waals surface area contributed by atoms with Gasteiger partial charge < -0.3 is 10.0 Å². The molecule has 3 rings (SSSR count). The second-order valence-corrected chi connectivity index (χ2v) is 4.93. The summed E-state index contributed by atoms with van der Waals surface area (Å²) < 4.78 is 0. The summed E-state index contributed by atoms with van der Waals surface area (Å²) in [5, 5.41) is 11.0. The first kappa shape index (κ1) is 12.6. The van der Waals surface area contributed by atoms with Crippen LogP contribution in [0.1, 0.15) is 23.2 Å². The van der Waals surface area contributed by atoms with E-state index in [2.05, 4.69) is 4.98 Å². The Kier molecular flexibility index (Phi) is 3.10. The fourth-order valence-corrected chi connectivity index (χ4v) is 2.65. The largest absolute Gasteiger partial charge is 0.480 e. The van der Waals surface area contributed by atoms with E-state index in [-0.39, 0.29) is 5.91 Å². The van der Waals surface area contributed by atoms with Crippen molar-refractivity contribution in [1.29, 1.82) is 0 Å². The van der Waals surface area contributed by atoms with Crippen LogP contribution in [0.2, 0.25) is 0 Å². The number of carboxylic acid groups (broad SMARTS) is 1. The third-order valence-corrected chi connectivity index (χ3v) is 3.69. The molecule has 102 valence electrons. The summed E-state index contributed by atoms with van der Waals surface area (Å²) in [5.41, 5.74) is 0.513. The van der Waals surface area contributed by atoms with Crippen molar-refractivity contribution in [2.45, 2.75) is 18.9 Å². The number of hydrogen-bond acceptors (Lipinski definition) is 3. The minimum absolute atomic E-state index is 0.222. The van der Waals surface area contributed by atoms with Crippen LogP contribution in [0.4, 0.5) is 0 Å². The van der Waals surface area contributed by atoms with Crippen LogP contribution >= 0.6 is 0 Å². The zero-order valence-corrected chi connectivity index (χ0v) is 10.8. The van der Waals surface area contributed by atoms with Crippen molar-refractivity contribution in [3.63, 3.8) is 0 Å². The van der Waals surface area contributed by atoms with Gasteiger partial charge in [0.1, 0.15) is 6.04 Å². The Morgan fingerprint density at radius 2 is 2.10 bits per heavy atom. The number of hydrogen-bond donors (Lipinski definition) is 1. The van der Waals surface area contributed by atoms with Crippen molar-refractivity contribution in [1.82, 2.24) is 9.88 Å². The van der Waals surface area contributed by atoms with Gasteiger partial charge in [0.15, 0.2) is 0 Å². The molecule has 1 atom stereocenters. The number of amides is 1. The summed E-state index contributed by atoms with van der Waals surface area (Å²) in [6, 6.07) is 6.53. The molecule has 0 bridgehead atoms. The van der Waals surface area contributed by atoms with Gasteiger partial charge in [0.05, 0.1) is 0 Å². The van der Waals surface area contributed by atoms with Gasteiger partial charge >= 0.3 is 5.97 Å². The minimum atomic E-state index is -0.932. The molecule has 1 N–H and O–H groups in total. The Morgan fingerprint density at radius 3 is 2.90 bits per heavy atom.